The van der Waals surface area contributed by atoms with E-state index in [1.165, 1.54) is 11.8 Å². The maximum Gasteiger partial charge on any atom is 0.250 e. The number of carbonyl (C=O) groups excluding carboxylic acids is 1. The SMILES string of the molecule is CN(C)c1ccc(/C=N\NC(=O)CSc2nc3ccccc3n2Cc2ccccc2Cl)cc1. The molecule has 0 aliphatic carbocycles. The van der Waals surface area contributed by atoms with Crippen LogP contribution < -0.4 is 10.3 Å². The highest BCUT2D eigenvalue weighted by Crippen LogP contribution is 2.27. The van der Waals surface area contributed by atoms with Gasteiger partial charge in [0.05, 0.1) is 29.5 Å². The number of aromatic nitrogens is 2. The Morgan fingerprint density at radius 2 is 1.82 bits per heavy atom. The summed E-state index contributed by atoms with van der Waals surface area (Å²) >= 11 is 7.76. The van der Waals surface area contributed by atoms with Gasteiger partial charge in [0.25, 0.3) is 5.91 Å². The quantitative estimate of drug-likeness (QED) is 0.219. The second kappa shape index (κ2) is 10.6. The molecule has 1 heterocycles. The summed E-state index contributed by atoms with van der Waals surface area (Å²) in [7, 11) is 3.98. The van der Waals surface area contributed by atoms with E-state index in [2.05, 4.69) is 15.1 Å². The van der Waals surface area contributed by atoms with Crippen LogP contribution >= 0.6 is 23.4 Å². The van der Waals surface area contributed by atoms with Crippen LogP contribution in [-0.4, -0.2) is 41.5 Å². The number of hydrogen-bond acceptors (Lipinski definition) is 5. The molecule has 3 aromatic carbocycles. The average Bonchev–Trinajstić information content (AvgIpc) is 3.17. The van der Waals surface area contributed by atoms with Crippen LogP contribution in [0.2, 0.25) is 5.02 Å². The summed E-state index contributed by atoms with van der Waals surface area (Å²) < 4.78 is 2.09. The summed E-state index contributed by atoms with van der Waals surface area (Å²) in [5.74, 6) is 0.000425. The second-order valence-corrected chi connectivity index (χ2v) is 8.98. The minimum Gasteiger partial charge on any atom is -0.378 e. The molecule has 8 heteroatoms. The molecule has 1 amide bonds. The van der Waals surface area contributed by atoms with E-state index in [4.69, 9.17) is 16.6 Å². The smallest absolute Gasteiger partial charge is 0.250 e. The first-order valence-electron chi connectivity index (χ1n) is 10.4. The number of anilines is 1. The molecule has 0 saturated heterocycles. The number of benzene rings is 3. The maximum atomic E-state index is 12.4. The number of amides is 1. The van der Waals surface area contributed by atoms with Gasteiger partial charge < -0.3 is 9.47 Å². The van der Waals surface area contributed by atoms with E-state index >= 15 is 0 Å². The summed E-state index contributed by atoms with van der Waals surface area (Å²) in [6.07, 6.45) is 1.63. The topological polar surface area (TPSA) is 62.5 Å². The first kappa shape index (κ1) is 22.9. The summed E-state index contributed by atoms with van der Waals surface area (Å²) in [6.45, 7) is 0.575. The number of hydrazone groups is 1. The highest BCUT2D eigenvalue weighted by molar-refractivity contribution is 7.99. The number of imidazole rings is 1. The van der Waals surface area contributed by atoms with Gasteiger partial charge >= 0.3 is 0 Å². The lowest BCUT2D eigenvalue weighted by Crippen LogP contribution is -2.20. The number of nitrogens with zero attached hydrogens (tertiary/aromatic N) is 4. The Kier molecular flexibility index (Phi) is 7.32. The van der Waals surface area contributed by atoms with E-state index in [0.29, 0.717) is 11.6 Å². The molecule has 33 heavy (non-hydrogen) atoms. The molecular formula is C25H24ClN5OS. The Morgan fingerprint density at radius 1 is 1.09 bits per heavy atom. The van der Waals surface area contributed by atoms with Crippen molar-refractivity contribution in [3.05, 3.63) is 88.9 Å². The first-order valence-corrected chi connectivity index (χ1v) is 11.8. The van der Waals surface area contributed by atoms with Crippen LogP contribution in [0, 0.1) is 0 Å². The molecular weight excluding hydrogens is 454 g/mol. The van der Waals surface area contributed by atoms with Crippen molar-refractivity contribution in [2.75, 3.05) is 24.7 Å². The zero-order valence-corrected chi connectivity index (χ0v) is 20.0. The largest absolute Gasteiger partial charge is 0.378 e. The lowest BCUT2D eigenvalue weighted by molar-refractivity contribution is -0.118. The molecule has 6 nitrogen and oxygen atoms in total. The Hall–Kier alpha value is -3.29. The van der Waals surface area contributed by atoms with Gasteiger partial charge in [-0.15, -0.1) is 0 Å². The van der Waals surface area contributed by atoms with Gasteiger partial charge in [0.2, 0.25) is 0 Å². The van der Waals surface area contributed by atoms with Gasteiger partial charge in [-0.2, -0.15) is 5.10 Å². The van der Waals surface area contributed by atoms with Crippen molar-refractivity contribution in [2.45, 2.75) is 11.7 Å². The lowest BCUT2D eigenvalue weighted by atomic mass is 10.2. The molecule has 4 aromatic rings. The van der Waals surface area contributed by atoms with Crippen molar-refractivity contribution in [2.24, 2.45) is 5.10 Å². The second-order valence-electron chi connectivity index (χ2n) is 7.63. The molecule has 4 rings (SSSR count). The van der Waals surface area contributed by atoms with Gasteiger partial charge in [-0.05, 0) is 41.5 Å². The minimum atomic E-state index is -0.197. The summed E-state index contributed by atoms with van der Waals surface area (Å²) in [5.41, 5.74) is 7.49. The number of hydrogen-bond donors (Lipinski definition) is 1. The molecule has 0 aliphatic rings. The fourth-order valence-electron chi connectivity index (χ4n) is 3.31. The van der Waals surface area contributed by atoms with E-state index in [0.717, 1.165) is 33.0 Å². The highest BCUT2D eigenvalue weighted by atomic mass is 35.5. The van der Waals surface area contributed by atoms with Gasteiger partial charge in [0.15, 0.2) is 5.16 Å². The van der Waals surface area contributed by atoms with Crippen LogP contribution in [0.15, 0.2) is 83.1 Å². The van der Waals surface area contributed by atoms with Crippen LogP contribution in [0.25, 0.3) is 11.0 Å². The fraction of sp³-hybridized carbons (Fsp3) is 0.160. The van der Waals surface area contributed by atoms with Crippen LogP contribution in [0.4, 0.5) is 5.69 Å². The number of halogens is 1. The maximum absolute atomic E-state index is 12.4. The molecule has 0 saturated carbocycles. The molecule has 0 spiro atoms. The lowest BCUT2D eigenvalue weighted by Gasteiger charge is -2.11. The fourth-order valence-corrected chi connectivity index (χ4v) is 4.31. The number of thioether (sulfide) groups is 1. The average molecular weight is 478 g/mol. The van der Waals surface area contributed by atoms with Crippen molar-refractivity contribution in [1.82, 2.24) is 15.0 Å². The van der Waals surface area contributed by atoms with Gasteiger partial charge in [-0.1, -0.05) is 65.8 Å². The predicted octanol–water partition coefficient (Wildman–Crippen LogP) is 5.05. The summed E-state index contributed by atoms with van der Waals surface area (Å²) in [5, 5.41) is 5.54. The van der Waals surface area contributed by atoms with Gasteiger partial charge in [0.1, 0.15) is 0 Å². The van der Waals surface area contributed by atoms with E-state index in [9.17, 15) is 4.79 Å². The van der Waals surface area contributed by atoms with Crippen LogP contribution in [0.1, 0.15) is 11.1 Å². The molecule has 0 aliphatic heterocycles. The molecule has 0 radical (unpaired) electrons. The summed E-state index contributed by atoms with van der Waals surface area (Å²) in [6, 6.07) is 23.6. The van der Waals surface area contributed by atoms with Gasteiger partial charge in [-0.25, -0.2) is 10.4 Å². The third kappa shape index (κ3) is 5.74. The Labute approximate surface area is 202 Å². The Bertz CT molecular complexity index is 1280. The predicted molar refractivity (Wildman–Crippen MR) is 138 cm³/mol. The van der Waals surface area contributed by atoms with E-state index in [1.807, 2.05) is 91.8 Å². The first-order chi connectivity index (χ1) is 16.0. The molecule has 0 unspecified atom stereocenters. The van der Waals surface area contributed by atoms with Crippen molar-refractivity contribution in [3.63, 3.8) is 0 Å². The van der Waals surface area contributed by atoms with Crippen molar-refractivity contribution >= 4 is 52.2 Å². The molecule has 168 valence electrons. The number of nitrogens with one attached hydrogen (secondary N) is 1. The van der Waals surface area contributed by atoms with Crippen molar-refractivity contribution in [1.29, 1.82) is 0 Å². The van der Waals surface area contributed by atoms with E-state index in [1.54, 1.807) is 6.21 Å². The third-order valence-corrected chi connectivity index (χ3v) is 6.40. The van der Waals surface area contributed by atoms with Gasteiger partial charge in [-0.3, -0.25) is 4.79 Å². The molecule has 0 atom stereocenters. The van der Waals surface area contributed by atoms with Crippen LogP contribution in [0.5, 0.6) is 0 Å². The Balaban J connectivity index is 1.42. The number of rotatable bonds is 8. The summed E-state index contributed by atoms with van der Waals surface area (Å²) in [4.78, 5) is 19.1. The zero-order chi connectivity index (χ0) is 23.2. The molecule has 1 N–H and O–H groups in total. The van der Waals surface area contributed by atoms with Gasteiger partial charge in [0, 0.05) is 24.8 Å². The van der Waals surface area contributed by atoms with Crippen molar-refractivity contribution in [3.8, 4) is 0 Å². The minimum absolute atomic E-state index is 0.197. The molecule has 0 bridgehead atoms. The monoisotopic (exact) mass is 477 g/mol. The zero-order valence-electron chi connectivity index (χ0n) is 18.4. The Morgan fingerprint density at radius 3 is 2.58 bits per heavy atom. The number of carbonyl (C=O) groups is 1. The highest BCUT2D eigenvalue weighted by Gasteiger charge is 2.14. The standard InChI is InChI=1S/C25H24ClN5OS/c1-30(2)20-13-11-18(12-14-20)15-27-29-24(32)17-33-25-28-22-9-5-6-10-23(22)31(25)16-19-7-3-4-8-21(19)26/h3-15H,16-17H2,1-2H3,(H,29,32)/b27-15-. The van der Waals surface area contributed by atoms with Crippen LogP contribution in [0.3, 0.4) is 0 Å². The molecule has 1 aromatic heterocycles. The number of fused-ring (bicyclic) bond motifs is 1. The third-order valence-electron chi connectivity index (χ3n) is 5.05. The van der Waals surface area contributed by atoms with Crippen molar-refractivity contribution < 1.29 is 4.79 Å². The molecule has 0 fully saturated rings. The number of para-hydroxylation sites is 2. The van der Waals surface area contributed by atoms with E-state index < -0.39 is 0 Å². The van der Waals surface area contributed by atoms with E-state index in [-0.39, 0.29) is 11.7 Å². The van der Waals surface area contributed by atoms with Crippen LogP contribution in [-0.2, 0) is 11.3 Å². The normalized spacial score (nSPS) is 11.2.